The summed E-state index contributed by atoms with van der Waals surface area (Å²) in [4.78, 5) is 25.9. The number of ether oxygens (including phenoxy) is 1. The molecule has 0 spiro atoms. The molecule has 4 bridgehead atoms. The number of carbonyl (C=O) groups is 2. The summed E-state index contributed by atoms with van der Waals surface area (Å²) in [6.45, 7) is 2.00. The third-order valence-electron chi connectivity index (χ3n) is 6.01. The first kappa shape index (κ1) is 15.2. The van der Waals surface area contributed by atoms with Crippen molar-refractivity contribution in [3.05, 3.63) is 21.9 Å². The lowest BCUT2D eigenvalue weighted by Crippen LogP contribution is -2.64. The largest absolute Gasteiger partial charge is 0.469 e. The average molecular weight is 333 g/mol. The van der Waals surface area contributed by atoms with Crippen molar-refractivity contribution >= 4 is 23.2 Å². The number of thiophene rings is 1. The van der Waals surface area contributed by atoms with Gasteiger partial charge in [0.2, 0.25) is 0 Å². The van der Waals surface area contributed by atoms with Crippen LogP contribution in [0.1, 0.15) is 53.8 Å². The van der Waals surface area contributed by atoms with Crippen LogP contribution in [-0.2, 0) is 9.53 Å². The van der Waals surface area contributed by atoms with Gasteiger partial charge in [-0.15, -0.1) is 11.3 Å². The molecule has 4 aliphatic carbocycles. The second-order valence-corrected chi connectivity index (χ2v) is 8.87. The molecule has 4 fully saturated rings. The van der Waals surface area contributed by atoms with Gasteiger partial charge in [0.25, 0.3) is 5.91 Å². The van der Waals surface area contributed by atoms with Crippen molar-refractivity contribution in [2.45, 2.75) is 51.0 Å². The normalized spacial score (nSPS) is 37.7. The summed E-state index contributed by atoms with van der Waals surface area (Å²) in [5, 5.41) is 5.33. The van der Waals surface area contributed by atoms with E-state index in [1.807, 2.05) is 18.4 Å². The van der Waals surface area contributed by atoms with Crippen molar-refractivity contribution in [2.75, 3.05) is 7.11 Å². The lowest BCUT2D eigenvalue weighted by atomic mass is 9.47. The molecule has 0 saturated heterocycles. The van der Waals surface area contributed by atoms with E-state index in [0.29, 0.717) is 11.8 Å². The number of aryl methyl sites for hydroxylation is 1. The van der Waals surface area contributed by atoms with Crippen LogP contribution in [0.2, 0.25) is 0 Å². The number of esters is 1. The minimum absolute atomic E-state index is 0.0186. The molecule has 4 aliphatic rings. The summed E-state index contributed by atoms with van der Waals surface area (Å²) in [5.74, 6) is 1.03. The van der Waals surface area contributed by atoms with Gasteiger partial charge in [0.15, 0.2) is 0 Å². The number of methoxy groups -OCH3 is 1. The van der Waals surface area contributed by atoms with Crippen molar-refractivity contribution in [1.82, 2.24) is 5.32 Å². The van der Waals surface area contributed by atoms with Crippen molar-refractivity contribution in [2.24, 2.45) is 17.3 Å². The van der Waals surface area contributed by atoms with E-state index in [2.05, 4.69) is 5.32 Å². The molecule has 1 aromatic heterocycles. The molecular formula is C18H23NO3S. The summed E-state index contributed by atoms with van der Waals surface area (Å²) in [6.07, 6.45) is 5.85. The van der Waals surface area contributed by atoms with Crippen LogP contribution in [0.5, 0.6) is 0 Å². The summed E-state index contributed by atoms with van der Waals surface area (Å²) < 4.78 is 5.12. The number of rotatable bonds is 3. The molecule has 23 heavy (non-hydrogen) atoms. The highest BCUT2D eigenvalue weighted by atomic mass is 32.1. The lowest BCUT2D eigenvalue weighted by molar-refractivity contribution is -0.171. The number of amides is 1. The molecule has 4 atom stereocenters. The molecule has 0 aliphatic heterocycles. The van der Waals surface area contributed by atoms with Gasteiger partial charge in [0.05, 0.1) is 17.4 Å². The summed E-state index contributed by atoms with van der Waals surface area (Å²) in [7, 11) is 1.49. The van der Waals surface area contributed by atoms with Gasteiger partial charge in [-0.25, -0.2) is 0 Å². The minimum atomic E-state index is -0.364. The van der Waals surface area contributed by atoms with Gasteiger partial charge >= 0.3 is 5.97 Å². The molecule has 124 valence electrons. The van der Waals surface area contributed by atoms with Crippen LogP contribution in [0.15, 0.2) is 11.4 Å². The summed E-state index contributed by atoms with van der Waals surface area (Å²) >= 11 is 1.49. The van der Waals surface area contributed by atoms with Gasteiger partial charge in [-0.05, 0) is 74.3 Å². The zero-order chi connectivity index (χ0) is 16.2. The SMILES string of the molecule is COC(=O)C12C[C@@H]3C[C@@H](CC(NC(=O)c4cc(C)cs4)(C3)C1)C2. The van der Waals surface area contributed by atoms with Crippen molar-refractivity contribution in [3.8, 4) is 0 Å². The second kappa shape index (κ2) is 5.07. The first-order valence-corrected chi connectivity index (χ1v) is 9.28. The molecule has 5 rings (SSSR count). The highest BCUT2D eigenvalue weighted by Gasteiger charge is 2.61. The van der Waals surface area contributed by atoms with Crippen LogP contribution in [0.25, 0.3) is 0 Å². The van der Waals surface area contributed by atoms with Gasteiger partial charge in [0.1, 0.15) is 0 Å². The van der Waals surface area contributed by atoms with E-state index in [0.717, 1.165) is 42.5 Å². The molecular weight excluding hydrogens is 310 g/mol. The molecule has 4 saturated carbocycles. The Kier molecular flexibility index (Phi) is 3.34. The van der Waals surface area contributed by atoms with E-state index in [-0.39, 0.29) is 22.8 Å². The van der Waals surface area contributed by atoms with Gasteiger partial charge in [-0.3, -0.25) is 9.59 Å². The van der Waals surface area contributed by atoms with Crippen LogP contribution in [0.3, 0.4) is 0 Å². The third-order valence-corrected chi connectivity index (χ3v) is 7.06. The fourth-order valence-electron chi connectivity index (χ4n) is 5.72. The Bertz CT molecular complexity index is 651. The molecule has 5 heteroatoms. The maximum absolute atomic E-state index is 12.7. The van der Waals surface area contributed by atoms with E-state index < -0.39 is 0 Å². The number of nitrogens with one attached hydrogen (secondary N) is 1. The van der Waals surface area contributed by atoms with E-state index in [1.54, 1.807) is 0 Å². The van der Waals surface area contributed by atoms with Gasteiger partial charge < -0.3 is 10.1 Å². The molecule has 1 heterocycles. The van der Waals surface area contributed by atoms with Gasteiger partial charge in [0, 0.05) is 5.54 Å². The minimum Gasteiger partial charge on any atom is -0.469 e. The topological polar surface area (TPSA) is 55.4 Å². The lowest BCUT2D eigenvalue weighted by Gasteiger charge is -2.60. The summed E-state index contributed by atoms with van der Waals surface area (Å²) in [5.41, 5.74) is 0.543. The Balaban J connectivity index is 1.60. The molecule has 0 radical (unpaired) electrons. The Morgan fingerprint density at radius 2 is 1.96 bits per heavy atom. The van der Waals surface area contributed by atoms with Crippen molar-refractivity contribution in [1.29, 1.82) is 0 Å². The molecule has 0 aromatic carbocycles. The number of hydrogen-bond acceptors (Lipinski definition) is 4. The zero-order valence-corrected chi connectivity index (χ0v) is 14.5. The van der Waals surface area contributed by atoms with E-state index >= 15 is 0 Å². The quantitative estimate of drug-likeness (QED) is 0.864. The van der Waals surface area contributed by atoms with Crippen LogP contribution in [0.4, 0.5) is 0 Å². The van der Waals surface area contributed by atoms with Crippen molar-refractivity contribution in [3.63, 3.8) is 0 Å². The van der Waals surface area contributed by atoms with Crippen LogP contribution >= 0.6 is 11.3 Å². The van der Waals surface area contributed by atoms with E-state index in [4.69, 9.17) is 4.74 Å². The predicted octanol–water partition coefficient (Wildman–Crippen LogP) is 3.30. The van der Waals surface area contributed by atoms with E-state index in [9.17, 15) is 9.59 Å². The molecule has 2 unspecified atom stereocenters. The Morgan fingerprint density at radius 1 is 1.26 bits per heavy atom. The van der Waals surface area contributed by atoms with Crippen LogP contribution < -0.4 is 5.32 Å². The smallest absolute Gasteiger partial charge is 0.311 e. The number of carbonyl (C=O) groups excluding carboxylic acids is 2. The zero-order valence-electron chi connectivity index (χ0n) is 13.7. The standard InChI is InChI=1S/C18H23NO3S/c1-11-3-14(23-9-11)15(20)19-18-7-12-4-13(8-18)6-17(5-12,10-18)16(21)22-2/h3,9,12-13H,4-8,10H2,1-2H3,(H,19,20)/t12-,13+,17?,18?. The highest BCUT2D eigenvalue weighted by molar-refractivity contribution is 7.12. The van der Waals surface area contributed by atoms with Gasteiger partial charge in [-0.2, -0.15) is 0 Å². The number of hydrogen-bond donors (Lipinski definition) is 1. The van der Waals surface area contributed by atoms with Crippen LogP contribution in [0, 0.1) is 24.2 Å². The third kappa shape index (κ3) is 2.40. The maximum atomic E-state index is 12.7. The Hall–Kier alpha value is -1.36. The molecule has 1 amide bonds. The van der Waals surface area contributed by atoms with Crippen LogP contribution in [-0.4, -0.2) is 24.5 Å². The molecule has 4 nitrogen and oxygen atoms in total. The molecule has 1 aromatic rings. The monoisotopic (exact) mass is 333 g/mol. The van der Waals surface area contributed by atoms with Crippen molar-refractivity contribution < 1.29 is 14.3 Å². The Morgan fingerprint density at radius 3 is 2.52 bits per heavy atom. The fourth-order valence-corrected chi connectivity index (χ4v) is 6.51. The van der Waals surface area contributed by atoms with E-state index in [1.165, 1.54) is 24.9 Å². The summed E-state index contributed by atoms with van der Waals surface area (Å²) in [6, 6.07) is 1.94. The maximum Gasteiger partial charge on any atom is 0.311 e. The fraction of sp³-hybridized carbons (Fsp3) is 0.667. The first-order valence-electron chi connectivity index (χ1n) is 8.40. The predicted molar refractivity (Wildman–Crippen MR) is 88.4 cm³/mol. The highest BCUT2D eigenvalue weighted by Crippen LogP contribution is 2.62. The Labute approximate surface area is 140 Å². The molecule has 1 N–H and O–H groups in total. The first-order chi connectivity index (χ1) is 10.9. The van der Waals surface area contributed by atoms with Gasteiger partial charge in [-0.1, -0.05) is 0 Å². The average Bonchev–Trinajstić information content (AvgIpc) is 2.91. The second-order valence-electron chi connectivity index (χ2n) is 7.96.